The van der Waals surface area contributed by atoms with Crippen LogP contribution in [0.3, 0.4) is 0 Å². The van der Waals surface area contributed by atoms with Gasteiger partial charge in [0.15, 0.2) is 0 Å². The van der Waals surface area contributed by atoms with E-state index >= 15 is 0 Å². The molecule has 3 N–H and O–H groups in total. The van der Waals surface area contributed by atoms with Gasteiger partial charge < -0.3 is 15.8 Å². The van der Waals surface area contributed by atoms with E-state index in [0.717, 1.165) is 23.5 Å². The number of hydrogen-bond donors (Lipinski definition) is 2. The molecule has 0 spiro atoms. The molecule has 0 bridgehead atoms. The summed E-state index contributed by atoms with van der Waals surface area (Å²) in [5, 5.41) is 3.29. The van der Waals surface area contributed by atoms with Gasteiger partial charge in [-0.15, -0.1) is 11.3 Å². The van der Waals surface area contributed by atoms with Crippen LogP contribution in [-0.4, -0.2) is 23.5 Å². The van der Waals surface area contributed by atoms with Crippen LogP contribution in [0.4, 0.5) is 20.2 Å². The molecule has 4 aromatic rings. The van der Waals surface area contributed by atoms with Gasteiger partial charge >= 0.3 is 5.97 Å². The summed E-state index contributed by atoms with van der Waals surface area (Å²) in [4.78, 5) is 29.6. The fourth-order valence-corrected chi connectivity index (χ4v) is 4.09. The molecule has 0 unspecified atom stereocenters. The molecule has 2 aromatic heterocycles. The molecule has 1 amide bonds. The van der Waals surface area contributed by atoms with Gasteiger partial charge in [-0.05, 0) is 55.5 Å². The van der Waals surface area contributed by atoms with Crippen LogP contribution in [0, 0.1) is 11.6 Å². The Morgan fingerprint density at radius 3 is 2.53 bits per heavy atom. The number of carbonyl (C=O) groups is 2. The standard InChI is InChI=1S/C23H17F2N3O3S/c1-2-31-23(30)12-3-6-14(7-4-12)27-21(29)20-19(26)16-9-10-18(28-22(16)32-20)15-8-5-13(24)11-17(15)25/h3-11H,2,26H2,1H3,(H,27,29). The normalized spacial score (nSPS) is 10.8. The summed E-state index contributed by atoms with van der Waals surface area (Å²) in [6.45, 7) is 1.99. The molecule has 0 saturated heterocycles. The molecule has 0 atom stereocenters. The molecule has 0 aliphatic heterocycles. The number of nitrogens with zero attached hydrogens (tertiary/aromatic N) is 1. The summed E-state index contributed by atoms with van der Waals surface area (Å²) in [6, 6.07) is 12.7. The number of halogens is 2. The average Bonchev–Trinajstić information content (AvgIpc) is 3.10. The maximum Gasteiger partial charge on any atom is 0.338 e. The lowest BCUT2D eigenvalue weighted by molar-refractivity contribution is 0.0526. The molecule has 0 radical (unpaired) electrons. The molecule has 4 rings (SSSR count). The van der Waals surface area contributed by atoms with Crippen molar-refractivity contribution in [3.05, 3.63) is 76.7 Å². The van der Waals surface area contributed by atoms with Crippen molar-refractivity contribution in [1.82, 2.24) is 4.98 Å². The lowest BCUT2D eigenvalue weighted by Gasteiger charge is -2.06. The van der Waals surface area contributed by atoms with Crippen molar-refractivity contribution in [3.63, 3.8) is 0 Å². The zero-order chi connectivity index (χ0) is 22.8. The molecule has 32 heavy (non-hydrogen) atoms. The number of nitrogens with two attached hydrogens (primary N) is 1. The predicted molar refractivity (Wildman–Crippen MR) is 120 cm³/mol. The van der Waals surface area contributed by atoms with Gasteiger partial charge in [0.1, 0.15) is 21.3 Å². The monoisotopic (exact) mass is 453 g/mol. The Morgan fingerprint density at radius 1 is 1.09 bits per heavy atom. The molecule has 0 aliphatic rings. The van der Waals surface area contributed by atoms with E-state index < -0.39 is 23.5 Å². The second-order valence-electron chi connectivity index (χ2n) is 6.77. The molecule has 0 saturated carbocycles. The minimum atomic E-state index is -0.731. The van der Waals surface area contributed by atoms with E-state index in [-0.39, 0.29) is 22.7 Å². The number of pyridine rings is 1. The molecular weight excluding hydrogens is 436 g/mol. The lowest BCUT2D eigenvalue weighted by Crippen LogP contribution is -2.12. The molecule has 0 fully saturated rings. The van der Waals surface area contributed by atoms with Crippen molar-refractivity contribution in [3.8, 4) is 11.3 Å². The lowest BCUT2D eigenvalue weighted by atomic mass is 10.1. The Bertz CT molecular complexity index is 1340. The maximum absolute atomic E-state index is 14.1. The second kappa shape index (κ2) is 8.72. The van der Waals surface area contributed by atoms with Crippen LogP contribution in [0.2, 0.25) is 0 Å². The molecule has 2 aromatic carbocycles. The fraction of sp³-hybridized carbons (Fsp3) is 0.0870. The SMILES string of the molecule is CCOC(=O)c1ccc(NC(=O)c2sc3nc(-c4ccc(F)cc4F)ccc3c2N)cc1. The number of rotatable bonds is 5. The molecule has 9 heteroatoms. The van der Waals surface area contributed by atoms with Crippen LogP contribution >= 0.6 is 11.3 Å². The van der Waals surface area contributed by atoms with Crippen molar-refractivity contribution >= 4 is 44.8 Å². The van der Waals surface area contributed by atoms with Crippen LogP contribution in [0.25, 0.3) is 21.5 Å². The van der Waals surface area contributed by atoms with Crippen molar-refractivity contribution < 1.29 is 23.1 Å². The van der Waals surface area contributed by atoms with Crippen LogP contribution in [-0.2, 0) is 4.74 Å². The van der Waals surface area contributed by atoms with E-state index in [2.05, 4.69) is 10.3 Å². The molecule has 162 valence electrons. The van der Waals surface area contributed by atoms with Crippen molar-refractivity contribution in [2.75, 3.05) is 17.7 Å². The van der Waals surface area contributed by atoms with Crippen LogP contribution < -0.4 is 11.1 Å². The number of amides is 1. The first kappa shape index (κ1) is 21.4. The Labute approximate surface area is 185 Å². The number of nitrogen functional groups attached to an aromatic ring is 1. The largest absolute Gasteiger partial charge is 0.462 e. The topological polar surface area (TPSA) is 94.3 Å². The highest BCUT2D eigenvalue weighted by Crippen LogP contribution is 2.35. The third kappa shape index (κ3) is 4.15. The number of hydrogen-bond acceptors (Lipinski definition) is 6. The highest BCUT2D eigenvalue weighted by atomic mass is 32.1. The molecule has 6 nitrogen and oxygen atoms in total. The number of anilines is 2. The number of thiophene rings is 1. The van der Waals surface area contributed by atoms with Gasteiger partial charge in [0.25, 0.3) is 5.91 Å². The number of aromatic nitrogens is 1. The minimum Gasteiger partial charge on any atom is -0.462 e. The first-order valence-corrected chi connectivity index (χ1v) is 10.4. The number of esters is 1. The summed E-state index contributed by atoms with van der Waals surface area (Å²) in [6.07, 6.45) is 0. The van der Waals surface area contributed by atoms with E-state index in [1.165, 1.54) is 6.07 Å². The van der Waals surface area contributed by atoms with Gasteiger partial charge in [0, 0.05) is 22.7 Å². The van der Waals surface area contributed by atoms with Crippen molar-refractivity contribution in [2.24, 2.45) is 0 Å². The van der Waals surface area contributed by atoms with E-state index in [1.807, 2.05) is 0 Å². The quantitative estimate of drug-likeness (QED) is 0.403. The molecule has 0 aliphatic carbocycles. The van der Waals surface area contributed by atoms with Gasteiger partial charge in [0.2, 0.25) is 0 Å². The number of benzene rings is 2. The van der Waals surface area contributed by atoms with E-state index in [1.54, 1.807) is 43.3 Å². The second-order valence-corrected chi connectivity index (χ2v) is 7.77. The van der Waals surface area contributed by atoms with Gasteiger partial charge in [-0.3, -0.25) is 4.79 Å². The number of carbonyl (C=O) groups excluding carboxylic acids is 2. The highest BCUT2D eigenvalue weighted by molar-refractivity contribution is 7.21. The van der Waals surface area contributed by atoms with Crippen LogP contribution in [0.5, 0.6) is 0 Å². The Balaban J connectivity index is 1.59. The number of fused-ring (bicyclic) bond motifs is 1. The zero-order valence-electron chi connectivity index (χ0n) is 16.8. The molecular formula is C23H17F2N3O3S. The summed E-state index contributed by atoms with van der Waals surface area (Å²) < 4.78 is 32.2. The summed E-state index contributed by atoms with van der Waals surface area (Å²) in [5.74, 6) is -2.30. The summed E-state index contributed by atoms with van der Waals surface area (Å²) >= 11 is 1.06. The smallest absolute Gasteiger partial charge is 0.338 e. The average molecular weight is 453 g/mol. The van der Waals surface area contributed by atoms with Gasteiger partial charge in [0.05, 0.1) is 23.6 Å². The third-order valence-corrected chi connectivity index (χ3v) is 5.78. The van der Waals surface area contributed by atoms with Gasteiger partial charge in [-0.25, -0.2) is 18.6 Å². The first-order valence-electron chi connectivity index (χ1n) is 9.60. The predicted octanol–water partition coefficient (Wildman–Crippen LogP) is 5.25. The van der Waals surface area contributed by atoms with E-state index in [9.17, 15) is 18.4 Å². The zero-order valence-corrected chi connectivity index (χ0v) is 17.6. The number of nitrogens with one attached hydrogen (secondary N) is 1. The number of ether oxygens (including phenoxy) is 1. The van der Waals surface area contributed by atoms with Crippen LogP contribution in [0.1, 0.15) is 27.0 Å². The maximum atomic E-state index is 14.1. The van der Waals surface area contributed by atoms with E-state index in [0.29, 0.717) is 27.2 Å². The third-order valence-electron chi connectivity index (χ3n) is 4.66. The summed E-state index contributed by atoms with van der Waals surface area (Å²) in [5.41, 5.74) is 7.70. The van der Waals surface area contributed by atoms with Crippen LogP contribution in [0.15, 0.2) is 54.6 Å². The molecule has 2 heterocycles. The fourth-order valence-electron chi connectivity index (χ4n) is 3.11. The van der Waals surface area contributed by atoms with Gasteiger partial charge in [-0.2, -0.15) is 0 Å². The highest BCUT2D eigenvalue weighted by Gasteiger charge is 2.19. The first-order chi connectivity index (χ1) is 15.4. The minimum absolute atomic E-state index is 0.146. The van der Waals surface area contributed by atoms with E-state index in [4.69, 9.17) is 10.5 Å². The van der Waals surface area contributed by atoms with Crippen molar-refractivity contribution in [2.45, 2.75) is 6.92 Å². The van der Waals surface area contributed by atoms with Gasteiger partial charge in [-0.1, -0.05) is 0 Å². The summed E-state index contributed by atoms with van der Waals surface area (Å²) in [7, 11) is 0. The Kier molecular flexibility index (Phi) is 5.83. The van der Waals surface area contributed by atoms with Crippen molar-refractivity contribution in [1.29, 1.82) is 0 Å². The Morgan fingerprint density at radius 2 is 1.84 bits per heavy atom. The Hall–Kier alpha value is -3.85.